The summed E-state index contributed by atoms with van der Waals surface area (Å²) in [6.07, 6.45) is 0.818. The zero-order valence-corrected chi connectivity index (χ0v) is 13.5. The standard InChI is InChI=1S/C9H10Br3NO.ClH/c1-2-6(13)7-4(10)3-5(11)9(14)8(7)12;/h3,6,14H,2,13H2,1H3;1H/t6-;/m1./s1. The van der Waals surface area contributed by atoms with E-state index in [2.05, 4.69) is 47.8 Å². The smallest absolute Gasteiger partial charge is 0.144 e. The van der Waals surface area contributed by atoms with Gasteiger partial charge in [0.1, 0.15) is 5.75 Å². The normalized spacial score (nSPS) is 12.1. The average Bonchev–Trinajstić information content (AvgIpc) is 2.14. The quantitative estimate of drug-likeness (QED) is 0.734. The third-order valence-electron chi connectivity index (χ3n) is 1.99. The molecule has 0 fully saturated rings. The molecule has 0 heterocycles. The molecule has 1 rings (SSSR count). The Balaban J connectivity index is 0.00000196. The molecule has 0 unspecified atom stereocenters. The van der Waals surface area contributed by atoms with Crippen molar-refractivity contribution in [2.75, 3.05) is 0 Å². The molecule has 15 heavy (non-hydrogen) atoms. The summed E-state index contributed by atoms with van der Waals surface area (Å²) in [5.41, 5.74) is 6.82. The summed E-state index contributed by atoms with van der Waals surface area (Å²) >= 11 is 10.0. The number of rotatable bonds is 2. The number of benzene rings is 1. The minimum Gasteiger partial charge on any atom is -0.506 e. The predicted molar refractivity (Wildman–Crippen MR) is 75.7 cm³/mol. The molecule has 2 nitrogen and oxygen atoms in total. The molecule has 1 aromatic carbocycles. The monoisotopic (exact) mass is 421 g/mol. The van der Waals surface area contributed by atoms with Crippen LogP contribution in [0.15, 0.2) is 19.5 Å². The first-order valence-corrected chi connectivity index (χ1v) is 6.48. The Labute approximate surface area is 120 Å². The molecule has 0 aliphatic carbocycles. The Morgan fingerprint density at radius 1 is 1.33 bits per heavy atom. The minimum absolute atomic E-state index is 0. The van der Waals surface area contributed by atoms with Gasteiger partial charge in [0.25, 0.3) is 0 Å². The molecule has 0 spiro atoms. The van der Waals surface area contributed by atoms with Gasteiger partial charge in [-0.2, -0.15) is 0 Å². The highest BCUT2D eigenvalue weighted by Gasteiger charge is 2.17. The van der Waals surface area contributed by atoms with Crippen molar-refractivity contribution in [1.29, 1.82) is 0 Å². The molecule has 0 aliphatic rings. The Bertz CT molecular complexity index is 360. The largest absolute Gasteiger partial charge is 0.506 e. The third kappa shape index (κ3) is 3.33. The number of aromatic hydroxyl groups is 1. The van der Waals surface area contributed by atoms with Gasteiger partial charge in [-0.1, -0.05) is 22.9 Å². The fraction of sp³-hybridized carbons (Fsp3) is 0.333. The van der Waals surface area contributed by atoms with Crippen molar-refractivity contribution in [3.8, 4) is 5.75 Å². The van der Waals surface area contributed by atoms with Gasteiger partial charge in [-0.15, -0.1) is 12.4 Å². The Morgan fingerprint density at radius 2 is 1.87 bits per heavy atom. The van der Waals surface area contributed by atoms with Crippen molar-refractivity contribution in [2.45, 2.75) is 19.4 Å². The van der Waals surface area contributed by atoms with Crippen LogP contribution in [0.1, 0.15) is 24.9 Å². The van der Waals surface area contributed by atoms with Gasteiger partial charge in [0, 0.05) is 16.1 Å². The Hall–Kier alpha value is 0.710. The highest BCUT2D eigenvalue weighted by atomic mass is 79.9. The SMILES string of the molecule is CC[C@@H](N)c1c(Br)cc(Br)c(O)c1Br.Cl. The molecular weight excluding hydrogens is 413 g/mol. The van der Waals surface area contributed by atoms with Gasteiger partial charge in [-0.05, 0) is 44.3 Å². The van der Waals surface area contributed by atoms with Gasteiger partial charge in [0.15, 0.2) is 0 Å². The topological polar surface area (TPSA) is 46.2 Å². The second-order valence-electron chi connectivity index (χ2n) is 2.93. The van der Waals surface area contributed by atoms with Gasteiger partial charge < -0.3 is 10.8 Å². The van der Waals surface area contributed by atoms with E-state index in [1.165, 1.54) is 0 Å². The molecule has 0 amide bonds. The highest BCUT2D eigenvalue weighted by molar-refractivity contribution is 9.11. The van der Waals surface area contributed by atoms with E-state index < -0.39 is 0 Å². The first-order valence-electron chi connectivity index (χ1n) is 4.11. The number of halogens is 4. The highest BCUT2D eigenvalue weighted by Crippen LogP contribution is 2.42. The van der Waals surface area contributed by atoms with Gasteiger partial charge in [-0.25, -0.2) is 0 Å². The predicted octanol–water partition coefficient (Wildman–Crippen LogP) is 4.51. The van der Waals surface area contributed by atoms with Crippen LogP contribution in [0, 0.1) is 0 Å². The van der Waals surface area contributed by atoms with Crippen LogP contribution in [-0.4, -0.2) is 5.11 Å². The van der Waals surface area contributed by atoms with Crippen LogP contribution in [0.5, 0.6) is 5.75 Å². The van der Waals surface area contributed by atoms with Crippen LogP contribution in [0.3, 0.4) is 0 Å². The minimum atomic E-state index is -0.0854. The fourth-order valence-corrected chi connectivity index (χ4v) is 3.85. The molecule has 0 saturated heterocycles. The fourth-order valence-electron chi connectivity index (χ4n) is 1.14. The molecule has 3 N–H and O–H groups in total. The van der Waals surface area contributed by atoms with Gasteiger partial charge in [-0.3, -0.25) is 0 Å². The molecular formula is C9H11Br3ClNO. The number of hydrogen-bond acceptors (Lipinski definition) is 2. The van der Waals surface area contributed by atoms with Crippen LogP contribution in [0.25, 0.3) is 0 Å². The summed E-state index contributed by atoms with van der Waals surface area (Å²) in [6.45, 7) is 2.00. The average molecular weight is 424 g/mol. The van der Waals surface area contributed by atoms with Crippen molar-refractivity contribution >= 4 is 60.2 Å². The van der Waals surface area contributed by atoms with Crippen LogP contribution < -0.4 is 5.73 Å². The number of nitrogens with two attached hydrogens (primary N) is 1. The summed E-state index contributed by atoms with van der Waals surface area (Å²) in [5.74, 6) is 0.187. The van der Waals surface area contributed by atoms with Crippen LogP contribution >= 0.6 is 60.2 Å². The molecule has 86 valence electrons. The molecule has 0 aromatic heterocycles. The molecule has 0 bridgehead atoms. The number of hydrogen-bond donors (Lipinski definition) is 2. The van der Waals surface area contributed by atoms with Gasteiger partial charge in [0.2, 0.25) is 0 Å². The zero-order chi connectivity index (χ0) is 10.9. The van der Waals surface area contributed by atoms with E-state index in [1.807, 2.05) is 6.92 Å². The van der Waals surface area contributed by atoms with Crippen molar-refractivity contribution in [3.63, 3.8) is 0 Å². The second-order valence-corrected chi connectivity index (χ2v) is 5.43. The van der Waals surface area contributed by atoms with Crippen molar-refractivity contribution in [3.05, 3.63) is 25.0 Å². The molecule has 1 aromatic rings. The summed E-state index contributed by atoms with van der Waals surface area (Å²) in [6, 6.07) is 1.71. The lowest BCUT2D eigenvalue weighted by Crippen LogP contribution is -2.10. The summed E-state index contributed by atoms with van der Waals surface area (Å²) in [5, 5.41) is 9.69. The lowest BCUT2D eigenvalue weighted by molar-refractivity contribution is 0.466. The third-order valence-corrected chi connectivity index (χ3v) is 4.06. The van der Waals surface area contributed by atoms with Crippen molar-refractivity contribution < 1.29 is 5.11 Å². The van der Waals surface area contributed by atoms with E-state index in [4.69, 9.17) is 5.73 Å². The summed E-state index contributed by atoms with van der Waals surface area (Å²) in [4.78, 5) is 0. The summed E-state index contributed by atoms with van der Waals surface area (Å²) < 4.78 is 2.18. The van der Waals surface area contributed by atoms with Gasteiger partial charge >= 0.3 is 0 Å². The van der Waals surface area contributed by atoms with E-state index in [0.29, 0.717) is 8.95 Å². The Morgan fingerprint density at radius 3 is 2.33 bits per heavy atom. The van der Waals surface area contributed by atoms with Crippen molar-refractivity contribution in [1.82, 2.24) is 0 Å². The molecule has 1 atom stereocenters. The van der Waals surface area contributed by atoms with Crippen LogP contribution in [0.2, 0.25) is 0 Å². The molecule has 6 heteroatoms. The summed E-state index contributed by atoms with van der Waals surface area (Å²) in [7, 11) is 0. The lowest BCUT2D eigenvalue weighted by Gasteiger charge is -2.15. The number of phenols is 1. The Kier molecular flexibility index (Phi) is 6.75. The second kappa shape index (κ2) is 6.45. The van der Waals surface area contributed by atoms with Crippen molar-refractivity contribution in [2.24, 2.45) is 5.73 Å². The maximum Gasteiger partial charge on any atom is 0.144 e. The maximum atomic E-state index is 9.69. The maximum absolute atomic E-state index is 9.69. The van der Waals surface area contributed by atoms with Crippen LogP contribution in [0.4, 0.5) is 0 Å². The molecule has 0 radical (unpaired) electrons. The lowest BCUT2D eigenvalue weighted by atomic mass is 10.1. The van der Waals surface area contributed by atoms with Gasteiger partial charge in [0.05, 0.1) is 8.95 Å². The molecule has 0 aliphatic heterocycles. The molecule has 0 saturated carbocycles. The van der Waals surface area contributed by atoms with Crippen LogP contribution in [-0.2, 0) is 0 Å². The zero-order valence-electron chi connectivity index (χ0n) is 7.93. The first kappa shape index (κ1) is 15.7. The number of phenolic OH excluding ortho intramolecular Hbond substituents is 1. The van der Waals surface area contributed by atoms with E-state index in [9.17, 15) is 5.11 Å². The van der Waals surface area contributed by atoms with E-state index >= 15 is 0 Å². The first-order chi connectivity index (χ1) is 6.49. The van der Waals surface area contributed by atoms with E-state index in [0.717, 1.165) is 16.5 Å². The van der Waals surface area contributed by atoms with E-state index in [-0.39, 0.29) is 24.2 Å². The van der Waals surface area contributed by atoms with E-state index in [1.54, 1.807) is 6.07 Å².